The zero-order valence-corrected chi connectivity index (χ0v) is 19.3. The van der Waals surface area contributed by atoms with Gasteiger partial charge in [-0.3, -0.25) is 14.1 Å². The zero-order chi connectivity index (χ0) is 23.9. The first-order valence-electron chi connectivity index (χ1n) is 10.2. The fraction of sp³-hybridized carbons (Fsp3) is 0.304. The minimum Gasteiger partial charge on any atom is -0.505 e. The minimum atomic E-state index is -3.68. The number of nitrogens with zero attached hydrogens (tertiary/aromatic N) is 3. The lowest BCUT2D eigenvalue weighted by Crippen LogP contribution is -2.28. The van der Waals surface area contributed by atoms with E-state index in [4.69, 9.17) is 4.74 Å². The molecule has 174 valence electrons. The van der Waals surface area contributed by atoms with Gasteiger partial charge in [0.2, 0.25) is 10.0 Å². The first kappa shape index (κ1) is 22.9. The molecule has 0 spiro atoms. The Labute approximate surface area is 191 Å². The van der Waals surface area contributed by atoms with Crippen LogP contribution in [0.4, 0.5) is 10.1 Å². The number of carbonyl (C=O) groups is 1. The molecule has 3 aromatic rings. The summed E-state index contributed by atoms with van der Waals surface area (Å²) in [4.78, 5) is 18.9. The third-order valence-electron chi connectivity index (χ3n) is 5.80. The number of halogens is 1. The molecule has 1 amide bonds. The molecular formula is C23H24FN3O5S. The lowest BCUT2D eigenvalue weighted by Gasteiger charge is -2.23. The summed E-state index contributed by atoms with van der Waals surface area (Å²) in [7, 11) is -0.747. The summed E-state index contributed by atoms with van der Waals surface area (Å²) in [5.74, 6) is -1.01. The maximum absolute atomic E-state index is 13.3. The van der Waals surface area contributed by atoms with Crippen LogP contribution in [0.2, 0.25) is 0 Å². The third-order valence-corrected chi connectivity index (χ3v) is 6.97. The number of ether oxygens (including phenoxy) is 1. The number of phenolic OH excluding ortho intramolecular Hbond substituents is 1. The molecular weight excluding hydrogens is 449 g/mol. The monoisotopic (exact) mass is 473 g/mol. The first-order chi connectivity index (χ1) is 15.6. The maximum Gasteiger partial charge on any atom is 0.258 e. The van der Waals surface area contributed by atoms with Gasteiger partial charge in [0, 0.05) is 44.4 Å². The average molecular weight is 474 g/mol. The third kappa shape index (κ3) is 4.23. The normalized spacial score (nSPS) is 13.6. The number of hydrogen-bond acceptors (Lipinski definition) is 6. The van der Waals surface area contributed by atoms with E-state index in [9.17, 15) is 22.7 Å². The number of benzene rings is 2. The second-order valence-corrected chi connectivity index (χ2v) is 10.1. The number of aromatic nitrogens is 1. The van der Waals surface area contributed by atoms with Crippen molar-refractivity contribution in [1.29, 1.82) is 0 Å². The quantitative estimate of drug-likeness (QED) is 0.566. The number of phenols is 1. The van der Waals surface area contributed by atoms with Crippen LogP contribution in [0.25, 0.3) is 10.9 Å². The molecule has 1 N–H and O–H groups in total. The highest BCUT2D eigenvalue weighted by molar-refractivity contribution is 7.92. The van der Waals surface area contributed by atoms with Gasteiger partial charge in [-0.2, -0.15) is 0 Å². The Kier molecular flexibility index (Phi) is 5.98. The molecule has 0 bridgehead atoms. The number of anilines is 1. The van der Waals surface area contributed by atoms with Gasteiger partial charge < -0.3 is 14.7 Å². The van der Waals surface area contributed by atoms with Crippen molar-refractivity contribution in [2.45, 2.75) is 13.0 Å². The van der Waals surface area contributed by atoms with Gasteiger partial charge in [-0.1, -0.05) is 12.1 Å². The van der Waals surface area contributed by atoms with E-state index in [-0.39, 0.29) is 29.2 Å². The Morgan fingerprint density at radius 1 is 1.24 bits per heavy atom. The number of amides is 1. The Hall–Kier alpha value is -3.24. The number of fused-ring (bicyclic) bond motifs is 2. The molecule has 2 aromatic carbocycles. The van der Waals surface area contributed by atoms with Gasteiger partial charge in [-0.15, -0.1) is 0 Å². The molecule has 0 atom stereocenters. The molecule has 1 aliphatic heterocycles. The molecule has 1 aromatic heterocycles. The van der Waals surface area contributed by atoms with E-state index in [1.54, 1.807) is 24.4 Å². The predicted molar refractivity (Wildman–Crippen MR) is 122 cm³/mol. The summed E-state index contributed by atoms with van der Waals surface area (Å²) in [6.07, 6.45) is 3.07. The fourth-order valence-electron chi connectivity index (χ4n) is 4.07. The molecule has 8 nitrogen and oxygen atoms in total. The van der Waals surface area contributed by atoms with Gasteiger partial charge in [0.1, 0.15) is 11.3 Å². The van der Waals surface area contributed by atoms with Crippen LogP contribution in [-0.2, 0) is 27.7 Å². The molecule has 2 heterocycles. The van der Waals surface area contributed by atoms with Crippen molar-refractivity contribution < 1.29 is 27.4 Å². The van der Waals surface area contributed by atoms with Crippen LogP contribution in [0.5, 0.6) is 5.75 Å². The lowest BCUT2D eigenvalue weighted by atomic mass is 9.98. The number of rotatable bonds is 7. The Morgan fingerprint density at radius 2 is 1.94 bits per heavy atom. The van der Waals surface area contributed by atoms with Crippen LogP contribution in [0.3, 0.4) is 0 Å². The van der Waals surface area contributed by atoms with E-state index in [2.05, 4.69) is 4.98 Å². The van der Waals surface area contributed by atoms with Crippen LogP contribution in [0, 0.1) is 5.82 Å². The minimum absolute atomic E-state index is 0.0582. The molecule has 0 saturated carbocycles. The van der Waals surface area contributed by atoms with Crippen molar-refractivity contribution in [3.05, 3.63) is 64.6 Å². The summed E-state index contributed by atoms with van der Waals surface area (Å²) in [6, 6.07) is 7.81. The second kappa shape index (κ2) is 8.60. The number of pyridine rings is 1. The number of methoxy groups -OCH3 is 1. The van der Waals surface area contributed by atoms with Crippen LogP contribution >= 0.6 is 0 Å². The number of aromatic hydroxyl groups is 1. The van der Waals surface area contributed by atoms with Gasteiger partial charge in [0.05, 0.1) is 24.1 Å². The average Bonchev–Trinajstić information content (AvgIpc) is 3.09. The molecule has 0 aliphatic carbocycles. The van der Waals surface area contributed by atoms with Gasteiger partial charge >= 0.3 is 0 Å². The highest BCUT2D eigenvalue weighted by atomic mass is 32.2. The summed E-state index contributed by atoms with van der Waals surface area (Å²) in [5.41, 5.74) is 2.53. The number of carbonyl (C=O) groups excluding carboxylic acids is 1. The molecule has 0 saturated heterocycles. The molecule has 0 unspecified atom stereocenters. The zero-order valence-electron chi connectivity index (χ0n) is 18.5. The highest BCUT2D eigenvalue weighted by Gasteiger charge is 2.37. The largest absolute Gasteiger partial charge is 0.505 e. The Balaban J connectivity index is 1.91. The van der Waals surface area contributed by atoms with E-state index in [1.165, 1.54) is 31.2 Å². The standard InChI is InChI=1S/C23H24FN3O5S/c1-26(33(3,30)31)21-17-11-15(10-14-4-6-16(24)7-5-14)12-25-20(17)22(28)19-18(21)13-27(23(19)29)8-9-32-2/h4-7,11-12,28H,8-10,13H2,1-3H3. The second-order valence-electron chi connectivity index (χ2n) is 8.04. The lowest BCUT2D eigenvalue weighted by molar-refractivity contribution is 0.0717. The van der Waals surface area contributed by atoms with E-state index in [0.29, 0.717) is 36.2 Å². The summed E-state index contributed by atoms with van der Waals surface area (Å²) in [5, 5.41) is 11.4. The van der Waals surface area contributed by atoms with Crippen molar-refractivity contribution in [3.63, 3.8) is 0 Å². The molecule has 4 rings (SSSR count). The van der Waals surface area contributed by atoms with Crippen LogP contribution in [-0.4, -0.2) is 62.9 Å². The van der Waals surface area contributed by atoms with Crippen LogP contribution in [0.1, 0.15) is 27.0 Å². The number of hydrogen-bond donors (Lipinski definition) is 1. The first-order valence-corrected chi connectivity index (χ1v) is 12.1. The van der Waals surface area contributed by atoms with Crippen molar-refractivity contribution in [1.82, 2.24) is 9.88 Å². The van der Waals surface area contributed by atoms with Gasteiger partial charge in [0.25, 0.3) is 5.91 Å². The van der Waals surface area contributed by atoms with Crippen molar-refractivity contribution >= 4 is 32.5 Å². The van der Waals surface area contributed by atoms with E-state index >= 15 is 0 Å². The van der Waals surface area contributed by atoms with Crippen LogP contribution < -0.4 is 4.31 Å². The van der Waals surface area contributed by atoms with Crippen LogP contribution in [0.15, 0.2) is 36.5 Å². The molecule has 0 fully saturated rings. The molecule has 1 aliphatic rings. The summed E-state index contributed by atoms with van der Waals surface area (Å²) in [6.45, 7) is 0.737. The SMILES string of the molecule is COCCN1Cc2c(c(O)c3ncc(Cc4ccc(F)cc4)cc3c2N(C)S(C)(=O)=O)C1=O. The number of sulfonamides is 1. The van der Waals surface area contributed by atoms with E-state index < -0.39 is 15.9 Å². The van der Waals surface area contributed by atoms with Crippen molar-refractivity contribution in [3.8, 4) is 5.75 Å². The molecule has 0 radical (unpaired) electrons. The van der Waals surface area contributed by atoms with Gasteiger partial charge in [-0.05, 0) is 35.7 Å². The van der Waals surface area contributed by atoms with Crippen molar-refractivity contribution in [2.75, 3.05) is 37.9 Å². The fourth-order valence-corrected chi connectivity index (χ4v) is 4.61. The van der Waals surface area contributed by atoms with E-state index in [1.807, 2.05) is 0 Å². The van der Waals surface area contributed by atoms with E-state index in [0.717, 1.165) is 21.7 Å². The Morgan fingerprint density at radius 3 is 2.58 bits per heavy atom. The van der Waals surface area contributed by atoms with Crippen molar-refractivity contribution in [2.24, 2.45) is 0 Å². The topological polar surface area (TPSA) is 100 Å². The predicted octanol–water partition coefficient (Wildman–Crippen LogP) is 2.67. The summed E-state index contributed by atoms with van der Waals surface area (Å²) < 4.78 is 44.4. The smallest absolute Gasteiger partial charge is 0.258 e. The Bertz CT molecular complexity index is 1340. The molecule has 10 heteroatoms. The maximum atomic E-state index is 13.3. The molecule has 33 heavy (non-hydrogen) atoms. The van der Waals surface area contributed by atoms with Gasteiger partial charge in [-0.25, -0.2) is 12.8 Å². The highest BCUT2D eigenvalue weighted by Crippen LogP contribution is 2.44. The summed E-state index contributed by atoms with van der Waals surface area (Å²) >= 11 is 0. The van der Waals surface area contributed by atoms with Gasteiger partial charge in [0.15, 0.2) is 5.75 Å².